The number of furan rings is 1. The molecule has 6 nitrogen and oxygen atoms in total. The molecule has 166 valence electrons. The van der Waals surface area contributed by atoms with Crippen molar-refractivity contribution in [2.24, 2.45) is 4.99 Å². The van der Waals surface area contributed by atoms with Gasteiger partial charge in [-0.25, -0.2) is 4.39 Å². The van der Waals surface area contributed by atoms with Crippen LogP contribution in [-0.4, -0.2) is 56.8 Å². The van der Waals surface area contributed by atoms with Crippen LogP contribution in [0.2, 0.25) is 0 Å². The van der Waals surface area contributed by atoms with Gasteiger partial charge in [0.15, 0.2) is 5.96 Å². The zero-order chi connectivity index (χ0) is 20.5. The molecule has 1 unspecified atom stereocenters. The van der Waals surface area contributed by atoms with Crippen molar-refractivity contribution in [3.63, 3.8) is 0 Å². The summed E-state index contributed by atoms with van der Waals surface area (Å²) in [5.74, 6) is 2.41. The number of aryl methyl sites for hydroxylation is 1. The van der Waals surface area contributed by atoms with E-state index in [1.165, 1.54) is 12.1 Å². The maximum Gasteiger partial charge on any atom is 0.191 e. The van der Waals surface area contributed by atoms with Crippen molar-refractivity contribution >= 4 is 29.9 Å². The van der Waals surface area contributed by atoms with E-state index in [9.17, 15) is 4.39 Å². The summed E-state index contributed by atoms with van der Waals surface area (Å²) < 4.78 is 24.5. The Morgan fingerprint density at radius 2 is 1.87 bits per heavy atom. The van der Waals surface area contributed by atoms with Gasteiger partial charge in [-0.15, -0.1) is 24.0 Å². The predicted octanol–water partition coefficient (Wildman–Crippen LogP) is 3.52. The van der Waals surface area contributed by atoms with E-state index in [1.807, 2.05) is 38.1 Å². The molecule has 1 saturated heterocycles. The molecule has 0 bridgehead atoms. The normalized spacial score (nSPS) is 16.0. The number of halogens is 2. The van der Waals surface area contributed by atoms with Crippen LogP contribution in [0.3, 0.4) is 0 Å². The third-order valence-electron chi connectivity index (χ3n) is 4.96. The van der Waals surface area contributed by atoms with Gasteiger partial charge in [-0.3, -0.25) is 9.89 Å². The van der Waals surface area contributed by atoms with Crippen molar-refractivity contribution in [2.45, 2.75) is 26.3 Å². The van der Waals surface area contributed by atoms with Crippen molar-refractivity contribution < 1.29 is 13.5 Å². The van der Waals surface area contributed by atoms with Gasteiger partial charge in [0.1, 0.15) is 17.3 Å². The Kier molecular flexibility index (Phi) is 10.6. The molecule has 2 aromatic rings. The van der Waals surface area contributed by atoms with Crippen molar-refractivity contribution in [1.29, 1.82) is 0 Å². The first-order valence-electron chi connectivity index (χ1n) is 10.3. The third-order valence-corrected chi connectivity index (χ3v) is 4.96. The molecule has 1 aromatic heterocycles. The molecule has 3 rings (SSSR count). The largest absolute Gasteiger partial charge is 0.465 e. The lowest BCUT2D eigenvalue weighted by Gasteiger charge is -2.32. The van der Waals surface area contributed by atoms with Crippen LogP contribution >= 0.6 is 24.0 Å². The average molecular weight is 530 g/mol. The Morgan fingerprint density at radius 1 is 1.13 bits per heavy atom. The smallest absolute Gasteiger partial charge is 0.191 e. The number of rotatable bonds is 8. The molecule has 1 atom stereocenters. The van der Waals surface area contributed by atoms with Gasteiger partial charge in [0.2, 0.25) is 0 Å². The second kappa shape index (κ2) is 12.9. The van der Waals surface area contributed by atoms with E-state index in [4.69, 9.17) is 14.1 Å². The topological polar surface area (TPSA) is 62.0 Å². The number of nitrogens with one attached hydrogen (secondary N) is 2. The Bertz CT molecular complexity index is 776. The quantitative estimate of drug-likeness (QED) is 0.311. The molecule has 0 saturated carbocycles. The summed E-state index contributed by atoms with van der Waals surface area (Å²) in [6.45, 7) is 9.31. The lowest BCUT2D eigenvalue weighted by atomic mass is 10.1. The minimum Gasteiger partial charge on any atom is -0.465 e. The van der Waals surface area contributed by atoms with Gasteiger partial charge >= 0.3 is 0 Å². The summed E-state index contributed by atoms with van der Waals surface area (Å²) in [6.07, 6.45) is 0.801. The minimum atomic E-state index is -0.209. The number of nitrogens with zero attached hydrogens (tertiary/aromatic N) is 2. The SMILES string of the molecule is CCNC(=NCC(c1ccc(C)o1)N1CCOCC1)NCCc1ccc(F)cc1.I. The Balaban J connectivity index is 0.00000320. The number of hydrogen-bond donors (Lipinski definition) is 2. The fourth-order valence-electron chi connectivity index (χ4n) is 3.40. The Labute approximate surface area is 195 Å². The zero-order valence-electron chi connectivity index (χ0n) is 17.7. The van der Waals surface area contributed by atoms with E-state index in [2.05, 4.69) is 15.5 Å². The molecule has 1 aliphatic rings. The maximum atomic E-state index is 13.0. The van der Waals surface area contributed by atoms with Crippen LogP contribution in [0.25, 0.3) is 0 Å². The van der Waals surface area contributed by atoms with Crippen molar-refractivity contribution in [3.05, 3.63) is 59.3 Å². The fraction of sp³-hybridized carbons (Fsp3) is 0.500. The van der Waals surface area contributed by atoms with Crippen LogP contribution in [0.15, 0.2) is 45.8 Å². The molecule has 0 aliphatic carbocycles. The van der Waals surface area contributed by atoms with E-state index in [-0.39, 0.29) is 35.8 Å². The van der Waals surface area contributed by atoms with Gasteiger partial charge in [-0.1, -0.05) is 12.1 Å². The second-order valence-corrected chi connectivity index (χ2v) is 7.14. The summed E-state index contributed by atoms with van der Waals surface area (Å²) in [6, 6.07) is 10.7. The van der Waals surface area contributed by atoms with E-state index < -0.39 is 0 Å². The van der Waals surface area contributed by atoms with Gasteiger partial charge in [-0.2, -0.15) is 0 Å². The fourth-order valence-corrected chi connectivity index (χ4v) is 3.40. The zero-order valence-corrected chi connectivity index (χ0v) is 20.0. The van der Waals surface area contributed by atoms with Crippen LogP contribution in [0.4, 0.5) is 4.39 Å². The summed E-state index contributed by atoms with van der Waals surface area (Å²) in [5.41, 5.74) is 1.09. The molecule has 1 fully saturated rings. The van der Waals surface area contributed by atoms with Crippen LogP contribution < -0.4 is 10.6 Å². The number of guanidine groups is 1. The first-order chi connectivity index (χ1) is 14.2. The van der Waals surface area contributed by atoms with Crippen LogP contribution in [0.1, 0.15) is 30.0 Å². The third kappa shape index (κ3) is 7.55. The molecular weight excluding hydrogens is 498 g/mol. The van der Waals surface area contributed by atoms with E-state index >= 15 is 0 Å². The molecule has 0 spiro atoms. The van der Waals surface area contributed by atoms with E-state index in [0.717, 1.165) is 68.9 Å². The van der Waals surface area contributed by atoms with E-state index in [1.54, 1.807) is 0 Å². The molecule has 2 N–H and O–H groups in total. The lowest BCUT2D eigenvalue weighted by Crippen LogP contribution is -2.42. The number of hydrogen-bond acceptors (Lipinski definition) is 4. The highest BCUT2D eigenvalue weighted by Gasteiger charge is 2.25. The number of morpholine rings is 1. The molecular formula is C22H32FIN4O2. The summed E-state index contributed by atoms with van der Waals surface area (Å²) >= 11 is 0. The van der Waals surface area contributed by atoms with Crippen LogP contribution in [0.5, 0.6) is 0 Å². The van der Waals surface area contributed by atoms with Gasteiger partial charge in [0, 0.05) is 26.2 Å². The van der Waals surface area contributed by atoms with Crippen LogP contribution in [0, 0.1) is 12.7 Å². The summed E-state index contributed by atoms with van der Waals surface area (Å²) in [7, 11) is 0. The highest BCUT2D eigenvalue weighted by Crippen LogP contribution is 2.24. The molecule has 2 heterocycles. The average Bonchev–Trinajstić information content (AvgIpc) is 3.16. The molecule has 30 heavy (non-hydrogen) atoms. The minimum absolute atomic E-state index is 0. The highest BCUT2D eigenvalue weighted by molar-refractivity contribution is 14.0. The maximum absolute atomic E-state index is 13.0. The monoisotopic (exact) mass is 530 g/mol. The molecule has 1 aromatic carbocycles. The van der Waals surface area contributed by atoms with Crippen molar-refractivity contribution in [1.82, 2.24) is 15.5 Å². The number of ether oxygens (including phenoxy) is 1. The number of benzene rings is 1. The van der Waals surface area contributed by atoms with E-state index in [0.29, 0.717) is 6.54 Å². The Hall–Kier alpha value is -1.65. The number of aliphatic imine (C=N–C) groups is 1. The first kappa shape index (κ1) is 24.6. The molecule has 1 aliphatic heterocycles. The standard InChI is InChI=1S/C22H31FN4O2.HI/c1-3-24-22(25-11-10-18-5-7-19(23)8-6-18)26-16-20(21-9-4-17(2)29-21)27-12-14-28-15-13-27;/h4-9,20H,3,10-16H2,1-2H3,(H2,24,25,26);1H. The van der Waals surface area contributed by atoms with Gasteiger partial charge in [0.25, 0.3) is 0 Å². The highest BCUT2D eigenvalue weighted by atomic mass is 127. The lowest BCUT2D eigenvalue weighted by molar-refractivity contribution is 0.0135. The first-order valence-corrected chi connectivity index (χ1v) is 10.3. The van der Waals surface area contributed by atoms with Gasteiger partial charge in [0.05, 0.1) is 25.8 Å². The molecule has 8 heteroatoms. The van der Waals surface area contributed by atoms with Gasteiger partial charge < -0.3 is 19.8 Å². The molecule has 0 amide bonds. The van der Waals surface area contributed by atoms with Crippen molar-refractivity contribution in [2.75, 3.05) is 45.9 Å². The van der Waals surface area contributed by atoms with Gasteiger partial charge in [-0.05, 0) is 50.1 Å². The van der Waals surface area contributed by atoms with Crippen molar-refractivity contribution in [3.8, 4) is 0 Å². The summed E-state index contributed by atoms with van der Waals surface area (Å²) in [4.78, 5) is 7.18. The summed E-state index contributed by atoms with van der Waals surface area (Å²) in [5, 5.41) is 6.67. The molecule has 0 radical (unpaired) electrons. The predicted molar refractivity (Wildman–Crippen MR) is 128 cm³/mol. The second-order valence-electron chi connectivity index (χ2n) is 7.14. The Morgan fingerprint density at radius 3 is 2.50 bits per heavy atom. The van der Waals surface area contributed by atoms with Crippen LogP contribution in [-0.2, 0) is 11.2 Å².